The zero-order valence-electron chi connectivity index (χ0n) is 11.6. The minimum absolute atomic E-state index is 0.385. The Morgan fingerprint density at radius 2 is 1.60 bits per heavy atom. The summed E-state index contributed by atoms with van der Waals surface area (Å²) in [7, 11) is 0. The van der Waals surface area contributed by atoms with Crippen molar-refractivity contribution in [3.8, 4) is 0 Å². The van der Waals surface area contributed by atoms with Crippen LogP contribution in [0.15, 0.2) is 0 Å². The molecular formula is C13H30N2. The molecule has 1 aliphatic rings. The van der Waals surface area contributed by atoms with Crippen LogP contribution in [-0.2, 0) is 0 Å². The fourth-order valence-electron chi connectivity index (χ4n) is 2.40. The summed E-state index contributed by atoms with van der Waals surface area (Å²) >= 11 is 0. The highest BCUT2D eigenvalue weighted by molar-refractivity contribution is 4.85. The van der Waals surface area contributed by atoms with Crippen LogP contribution < -0.4 is 5.32 Å². The molecule has 0 saturated carbocycles. The lowest BCUT2D eigenvalue weighted by atomic mass is 9.90. The Morgan fingerprint density at radius 3 is 2.00 bits per heavy atom. The zero-order chi connectivity index (χ0) is 11.9. The smallest absolute Gasteiger partial charge is 0.0156 e. The van der Waals surface area contributed by atoms with Gasteiger partial charge in [0, 0.05) is 31.7 Å². The van der Waals surface area contributed by atoms with Crippen molar-refractivity contribution in [1.29, 1.82) is 0 Å². The number of hydrogen-bond acceptors (Lipinski definition) is 2. The van der Waals surface area contributed by atoms with Crippen molar-refractivity contribution in [1.82, 2.24) is 10.2 Å². The number of nitrogens with one attached hydrogen (secondary N) is 1. The number of rotatable bonds is 3. The zero-order valence-corrected chi connectivity index (χ0v) is 11.6. The molecule has 0 aliphatic carbocycles. The van der Waals surface area contributed by atoms with E-state index in [1.54, 1.807) is 0 Å². The van der Waals surface area contributed by atoms with E-state index in [0.29, 0.717) is 5.54 Å². The fourth-order valence-corrected chi connectivity index (χ4v) is 2.40. The van der Waals surface area contributed by atoms with Crippen LogP contribution in [0.4, 0.5) is 0 Å². The van der Waals surface area contributed by atoms with E-state index in [1.165, 1.54) is 19.5 Å². The quantitative estimate of drug-likeness (QED) is 0.777. The van der Waals surface area contributed by atoms with E-state index in [0.717, 1.165) is 19.0 Å². The summed E-state index contributed by atoms with van der Waals surface area (Å²) in [5, 5.41) is 3.40. The van der Waals surface area contributed by atoms with Gasteiger partial charge in [0.25, 0.3) is 0 Å². The van der Waals surface area contributed by atoms with Crippen LogP contribution in [0.2, 0.25) is 0 Å². The van der Waals surface area contributed by atoms with Crippen LogP contribution >= 0.6 is 0 Å². The lowest BCUT2D eigenvalue weighted by Gasteiger charge is -2.42. The van der Waals surface area contributed by atoms with Gasteiger partial charge in [-0.2, -0.15) is 0 Å². The Balaban J connectivity index is 0.000000921. The normalized spacial score (nSPS) is 18.6. The second kappa shape index (κ2) is 7.24. The highest BCUT2D eigenvalue weighted by Crippen LogP contribution is 2.23. The first kappa shape index (κ1) is 14.9. The van der Waals surface area contributed by atoms with E-state index in [-0.39, 0.29) is 0 Å². The summed E-state index contributed by atoms with van der Waals surface area (Å²) in [5.74, 6) is 0.796. The molecule has 1 fully saturated rings. The maximum absolute atomic E-state index is 3.40. The summed E-state index contributed by atoms with van der Waals surface area (Å²) in [6, 6.07) is 0. The van der Waals surface area contributed by atoms with Gasteiger partial charge in [0.2, 0.25) is 0 Å². The number of hydrogen-bond donors (Lipinski definition) is 1. The molecule has 0 amide bonds. The van der Waals surface area contributed by atoms with Crippen LogP contribution in [0, 0.1) is 5.92 Å². The third-order valence-corrected chi connectivity index (χ3v) is 2.88. The second-order valence-electron chi connectivity index (χ2n) is 5.15. The average Bonchev–Trinajstić information content (AvgIpc) is 2.20. The summed E-state index contributed by atoms with van der Waals surface area (Å²) in [4.78, 5) is 2.61. The minimum Gasteiger partial charge on any atom is -0.314 e. The maximum Gasteiger partial charge on any atom is 0.0156 e. The van der Waals surface area contributed by atoms with Crippen LogP contribution in [-0.4, -0.2) is 36.6 Å². The van der Waals surface area contributed by atoms with E-state index in [2.05, 4.69) is 37.9 Å². The first-order valence-corrected chi connectivity index (χ1v) is 6.48. The van der Waals surface area contributed by atoms with Gasteiger partial charge in [-0.05, 0) is 26.2 Å². The molecule has 1 heterocycles. The third kappa shape index (κ3) is 5.53. The van der Waals surface area contributed by atoms with Crippen LogP contribution in [0.3, 0.4) is 0 Å². The Kier molecular flexibility index (Phi) is 7.20. The Hall–Kier alpha value is -0.0800. The van der Waals surface area contributed by atoms with Crippen molar-refractivity contribution in [2.75, 3.05) is 26.2 Å². The van der Waals surface area contributed by atoms with E-state index in [4.69, 9.17) is 0 Å². The van der Waals surface area contributed by atoms with E-state index in [9.17, 15) is 0 Å². The van der Waals surface area contributed by atoms with Crippen molar-refractivity contribution in [3.63, 3.8) is 0 Å². The van der Waals surface area contributed by atoms with Crippen molar-refractivity contribution in [2.24, 2.45) is 5.92 Å². The van der Waals surface area contributed by atoms with Gasteiger partial charge >= 0.3 is 0 Å². The third-order valence-electron chi connectivity index (χ3n) is 2.88. The largest absolute Gasteiger partial charge is 0.314 e. The van der Waals surface area contributed by atoms with Crippen molar-refractivity contribution in [2.45, 2.75) is 53.5 Å². The second-order valence-corrected chi connectivity index (χ2v) is 5.15. The molecule has 1 saturated heterocycles. The summed E-state index contributed by atoms with van der Waals surface area (Å²) in [6.07, 6.45) is 1.30. The highest BCUT2D eigenvalue weighted by Gasteiger charge is 2.28. The molecule has 0 bridgehead atoms. The molecule has 2 nitrogen and oxygen atoms in total. The van der Waals surface area contributed by atoms with Gasteiger partial charge in [-0.25, -0.2) is 0 Å². The Morgan fingerprint density at radius 1 is 1.13 bits per heavy atom. The first-order valence-electron chi connectivity index (χ1n) is 6.48. The van der Waals surface area contributed by atoms with Crippen molar-refractivity contribution >= 4 is 0 Å². The monoisotopic (exact) mass is 214 g/mol. The highest BCUT2D eigenvalue weighted by atomic mass is 15.2. The molecule has 0 aromatic heterocycles. The van der Waals surface area contributed by atoms with Gasteiger partial charge in [-0.3, -0.25) is 4.90 Å². The van der Waals surface area contributed by atoms with Crippen LogP contribution in [0.25, 0.3) is 0 Å². The van der Waals surface area contributed by atoms with E-state index < -0.39 is 0 Å². The van der Waals surface area contributed by atoms with Crippen LogP contribution in [0.5, 0.6) is 0 Å². The predicted molar refractivity (Wildman–Crippen MR) is 69.3 cm³/mol. The lowest BCUT2D eigenvalue weighted by molar-refractivity contribution is 0.0845. The molecule has 0 atom stereocenters. The molecule has 1 N–H and O–H groups in total. The summed E-state index contributed by atoms with van der Waals surface area (Å²) < 4.78 is 0. The Labute approximate surface area is 96.4 Å². The maximum atomic E-state index is 3.40. The predicted octanol–water partition coefficient (Wildman–Crippen LogP) is 2.74. The van der Waals surface area contributed by atoms with Gasteiger partial charge in [-0.15, -0.1) is 0 Å². The van der Waals surface area contributed by atoms with Gasteiger partial charge in [0.1, 0.15) is 0 Å². The molecule has 0 aromatic carbocycles. The van der Waals surface area contributed by atoms with Gasteiger partial charge in [-0.1, -0.05) is 27.7 Å². The summed E-state index contributed by atoms with van der Waals surface area (Å²) in [6.45, 7) is 18.1. The molecule has 1 rings (SSSR count). The SMILES string of the molecule is CC.CC(C)CC(C)(C)N1CCNCC1. The fraction of sp³-hybridized carbons (Fsp3) is 1.00. The molecule has 92 valence electrons. The van der Waals surface area contributed by atoms with Gasteiger partial charge in [0.05, 0.1) is 0 Å². The standard InChI is InChI=1S/C11H24N2.C2H6/c1-10(2)9-11(3,4)13-7-5-12-6-8-13;1-2/h10,12H,5-9H2,1-4H3;1-2H3. The summed E-state index contributed by atoms with van der Waals surface area (Å²) in [5.41, 5.74) is 0.385. The molecular weight excluding hydrogens is 184 g/mol. The first-order chi connectivity index (χ1) is 7.02. The molecule has 15 heavy (non-hydrogen) atoms. The molecule has 1 aliphatic heterocycles. The minimum atomic E-state index is 0.385. The molecule has 0 spiro atoms. The van der Waals surface area contributed by atoms with Crippen molar-refractivity contribution < 1.29 is 0 Å². The molecule has 0 unspecified atom stereocenters. The molecule has 2 heteroatoms. The van der Waals surface area contributed by atoms with Gasteiger partial charge in [0.15, 0.2) is 0 Å². The lowest BCUT2D eigenvalue weighted by Crippen LogP contribution is -2.53. The topological polar surface area (TPSA) is 15.3 Å². The number of nitrogens with zero attached hydrogens (tertiary/aromatic N) is 1. The van der Waals surface area contributed by atoms with E-state index in [1.807, 2.05) is 13.8 Å². The van der Waals surface area contributed by atoms with Gasteiger partial charge < -0.3 is 5.32 Å². The van der Waals surface area contributed by atoms with Crippen LogP contribution in [0.1, 0.15) is 48.0 Å². The molecule has 0 aromatic rings. The Bertz CT molecular complexity index is 147. The van der Waals surface area contributed by atoms with E-state index >= 15 is 0 Å². The van der Waals surface area contributed by atoms with Crippen molar-refractivity contribution in [3.05, 3.63) is 0 Å². The number of piperazine rings is 1. The molecule has 0 radical (unpaired) electrons. The average molecular weight is 214 g/mol.